The number of benzene rings is 3. The molecule has 1 amide bonds. The van der Waals surface area contributed by atoms with E-state index in [4.69, 9.17) is 5.11 Å². The number of amides is 1. The smallest absolute Gasteiger partial charge is 0.307 e. The Labute approximate surface area is 171 Å². The summed E-state index contributed by atoms with van der Waals surface area (Å²) in [6, 6.07) is 25.5. The average molecular weight is 387 g/mol. The molecule has 3 rings (SSSR count). The molecule has 0 fully saturated rings. The van der Waals surface area contributed by atoms with Crippen molar-refractivity contribution in [3.05, 3.63) is 95.6 Å². The van der Waals surface area contributed by atoms with Crippen molar-refractivity contribution in [2.75, 3.05) is 13.6 Å². The van der Waals surface area contributed by atoms with Crippen molar-refractivity contribution in [2.45, 2.75) is 19.3 Å². The van der Waals surface area contributed by atoms with Crippen molar-refractivity contribution in [1.82, 2.24) is 4.90 Å². The van der Waals surface area contributed by atoms with E-state index >= 15 is 0 Å². The second-order valence-corrected chi connectivity index (χ2v) is 7.16. The van der Waals surface area contributed by atoms with Crippen LogP contribution in [0.3, 0.4) is 0 Å². The van der Waals surface area contributed by atoms with Crippen molar-refractivity contribution in [1.29, 1.82) is 0 Å². The molecule has 3 aromatic carbocycles. The van der Waals surface area contributed by atoms with E-state index in [-0.39, 0.29) is 18.7 Å². The fraction of sp³-hybridized carbons (Fsp3) is 0.200. The van der Waals surface area contributed by atoms with Crippen LogP contribution in [0.1, 0.15) is 16.7 Å². The lowest BCUT2D eigenvalue weighted by atomic mass is 9.94. The highest BCUT2D eigenvalue weighted by molar-refractivity contribution is 5.82. The Morgan fingerprint density at radius 2 is 1.48 bits per heavy atom. The van der Waals surface area contributed by atoms with Crippen LogP contribution in [-0.2, 0) is 28.9 Å². The summed E-state index contributed by atoms with van der Waals surface area (Å²) in [5.74, 6) is -0.861. The number of rotatable bonds is 8. The van der Waals surface area contributed by atoms with Gasteiger partial charge in [-0.1, -0.05) is 78.9 Å². The molecular weight excluding hydrogens is 362 g/mol. The minimum atomic E-state index is -0.880. The number of carbonyl (C=O) groups is 2. The highest BCUT2D eigenvalue weighted by atomic mass is 16.4. The van der Waals surface area contributed by atoms with Gasteiger partial charge in [-0.05, 0) is 34.2 Å². The molecule has 0 aliphatic carbocycles. The molecule has 3 aromatic rings. The highest BCUT2D eigenvalue weighted by Gasteiger charge is 2.15. The summed E-state index contributed by atoms with van der Waals surface area (Å²) in [5, 5.41) is 9.12. The number of aliphatic carboxylic acids is 1. The fourth-order valence-electron chi connectivity index (χ4n) is 3.34. The third kappa shape index (κ3) is 5.79. The van der Waals surface area contributed by atoms with Gasteiger partial charge in [0.25, 0.3) is 0 Å². The monoisotopic (exact) mass is 387 g/mol. The standard InChI is InChI=1S/C25H25NO3/c1-26(15-14-19-8-4-2-5-9-19)24(27)18-22-16-20(17-25(28)29)12-13-23(22)21-10-6-3-7-11-21/h2-13,16H,14-15,17-18H2,1H3,(H,28,29). The molecule has 0 spiro atoms. The first-order valence-electron chi connectivity index (χ1n) is 9.70. The summed E-state index contributed by atoms with van der Waals surface area (Å²) in [4.78, 5) is 25.7. The van der Waals surface area contributed by atoms with E-state index in [2.05, 4.69) is 12.1 Å². The Bertz CT molecular complexity index is 968. The van der Waals surface area contributed by atoms with E-state index in [0.717, 1.165) is 23.1 Å². The number of carboxylic acid groups (broad SMARTS) is 1. The van der Waals surface area contributed by atoms with Crippen molar-refractivity contribution < 1.29 is 14.7 Å². The molecule has 4 heteroatoms. The number of carboxylic acids is 1. The number of likely N-dealkylation sites (N-methyl/N-ethyl adjacent to an activating group) is 1. The van der Waals surface area contributed by atoms with Crippen LogP contribution in [0, 0.1) is 0 Å². The van der Waals surface area contributed by atoms with E-state index in [1.54, 1.807) is 4.90 Å². The lowest BCUT2D eigenvalue weighted by Crippen LogP contribution is -2.30. The van der Waals surface area contributed by atoms with Gasteiger partial charge in [0.2, 0.25) is 5.91 Å². The van der Waals surface area contributed by atoms with Gasteiger partial charge >= 0.3 is 5.97 Å². The molecule has 29 heavy (non-hydrogen) atoms. The summed E-state index contributed by atoms with van der Waals surface area (Å²) in [7, 11) is 1.81. The van der Waals surface area contributed by atoms with Crippen molar-refractivity contribution in [3.63, 3.8) is 0 Å². The maximum atomic E-state index is 12.9. The first-order chi connectivity index (χ1) is 14.0. The third-order valence-corrected chi connectivity index (χ3v) is 4.96. The van der Waals surface area contributed by atoms with E-state index in [1.807, 2.05) is 73.8 Å². The van der Waals surface area contributed by atoms with E-state index < -0.39 is 5.97 Å². The first-order valence-corrected chi connectivity index (χ1v) is 9.70. The number of carbonyl (C=O) groups excluding carboxylic acids is 1. The minimum absolute atomic E-state index is 0.0191. The summed E-state index contributed by atoms with van der Waals surface area (Å²) in [5.41, 5.74) is 4.73. The van der Waals surface area contributed by atoms with Gasteiger partial charge in [-0.2, -0.15) is 0 Å². The van der Waals surface area contributed by atoms with Crippen LogP contribution in [0.5, 0.6) is 0 Å². The maximum Gasteiger partial charge on any atom is 0.307 e. The van der Waals surface area contributed by atoms with E-state index in [1.165, 1.54) is 5.56 Å². The quantitative estimate of drug-likeness (QED) is 0.629. The van der Waals surface area contributed by atoms with Crippen LogP contribution >= 0.6 is 0 Å². The Kier molecular flexibility index (Phi) is 6.80. The van der Waals surface area contributed by atoms with Gasteiger partial charge in [-0.25, -0.2) is 0 Å². The number of nitrogens with zero attached hydrogens (tertiary/aromatic N) is 1. The SMILES string of the molecule is CN(CCc1ccccc1)C(=O)Cc1cc(CC(=O)O)ccc1-c1ccccc1. The predicted octanol–water partition coefficient (Wildman–Crippen LogP) is 4.22. The Balaban J connectivity index is 1.77. The first kappa shape index (κ1) is 20.3. The van der Waals surface area contributed by atoms with Gasteiger partial charge in [-0.15, -0.1) is 0 Å². The molecule has 0 aliphatic rings. The van der Waals surface area contributed by atoms with Gasteiger partial charge in [0.1, 0.15) is 0 Å². The lowest BCUT2D eigenvalue weighted by molar-refractivity contribution is -0.136. The summed E-state index contributed by atoms with van der Waals surface area (Å²) in [6.45, 7) is 0.637. The van der Waals surface area contributed by atoms with Crippen LogP contribution in [0.25, 0.3) is 11.1 Å². The average Bonchev–Trinajstić information content (AvgIpc) is 2.73. The zero-order valence-corrected chi connectivity index (χ0v) is 16.5. The fourth-order valence-corrected chi connectivity index (χ4v) is 3.34. The van der Waals surface area contributed by atoms with Crippen molar-refractivity contribution >= 4 is 11.9 Å². The zero-order chi connectivity index (χ0) is 20.6. The lowest BCUT2D eigenvalue weighted by Gasteiger charge is -2.19. The van der Waals surface area contributed by atoms with Crippen LogP contribution in [0.4, 0.5) is 0 Å². The molecule has 4 nitrogen and oxygen atoms in total. The summed E-state index contributed by atoms with van der Waals surface area (Å²) < 4.78 is 0. The van der Waals surface area contributed by atoms with Crippen LogP contribution < -0.4 is 0 Å². The molecular formula is C25H25NO3. The summed E-state index contributed by atoms with van der Waals surface area (Å²) >= 11 is 0. The van der Waals surface area contributed by atoms with Crippen LogP contribution in [0.15, 0.2) is 78.9 Å². The molecule has 0 radical (unpaired) electrons. The Morgan fingerprint density at radius 1 is 0.828 bits per heavy atom. The van der Waals surface area contributed by atoms with Gasteiger partial charge in [0.15, 0.2) is 0 Å². The topological polar surface area (TPSA) is 57.6 Å². The molecule has 148 valence electrons. The number of hydrogen-bond acceptors (Lipinski definition) is 2. The van der Waals surface area contributed by atoms with Gasteiger partial charge in [-0.3, -0.25) is 9.59 Å². The van der Waals surface area contributed by atoms with Crippen molar-refractivity contribution in [3.8, 4) is 11.1 Å². The highest BCUT2D eigenvalue weighted by Crippen LogP contribution is 2.26. The molecule has 0 saturated heterocycles. The molecule has 0 heterocycles. The van der Waals surface area contributed by atoms with Gasteiger partial charge < -0.3 is 10.0 Å². The number of hydrogen-bond donors (Lipinski definition) is 1. The second-order valence-electron chi connectivity index (χ2n) is 7.16. The Morgan fingerprint density at radius 3 is 2.14 bits per heavy atom. The minimum Gasteiger partial charge on any atom is -0.481 e. The van der Waals surface area contributed by atoms with Crippen molar-refractivity contribution in [2.24, 2.45) is 0 Å². The molecule has 0 aliphatic heterocycles. The predicted molar refractivity (Wildman–Crippen MR) is 115 cm³/mol. The molecule has 0 bridgehead atoms. The normalized spacial score (nSPS) is 10.5. The van der Waals surface area contributed by atoms with Crippen LogP contribution in [0.2, 0.25) is 0 Å². The summed E-state index contributed by atoms with van der Waals surface area (Å²) in [6.07, 6.45) is 0.983. The molecule has 0 aromatic heterocycles. The Hall–Kier alpha value is -3.40. The molecule has 1 N–H and O–H groups in total. The van der Waals surface area contributed by atoms with E-state index in [0.29, 0.717) is 12.1 Å². The van der Waals surface area contributed by atoms with Gasteiger partial charge in [0, 0.05) is 13.6 Å². The van der Waals surface area contributed by atoms with Gasteiger partial charge in [0.05, 0.1) is 12.8 Å². The van der Waals surface area contributed by atoms with Crippen LogP contribution in [-0.4, -0.2) is 35.5 Å². The third-order valence-electron chi connectivity index (χ3n) is 4.96. The maximum absolute atomic E-state index is 12.9. The zero-order valence-electron chi connectivity index (χ0n) is 16.5. The molecule has 0 unspecified atom stereocenters. The molecule has 0 atom stereocenters. The van der Waals surface area contributed by atoms with E-state index in [9.17, 15) is 9.59 Å². The molecule has 0 saturated carbocycles. The second kappa shape index (κ2) is 9.69. The largest absolute Gasteiger partial charge is 0.481 e.